The Bertz CT molecular complexity index is 1600. The third-order valence-corrected chi connectivity index (χ3v) is 7.52. The maximum absolute atomic E-state index is 14.4. The Balaban J connectivity index is 1.62. The number of rotatable bonds is 15. The van der Waals surface area contributed by atoms with Gasteiger partial charge < -0.3 is 14.6 Å². The highest BCUT2D eigenvalue weighted by Crippen LogP contribution is 2.44. The van der Waals surface area contributed by atoms with Crippen molar-refractivity contribution < 1.29 is 19.4 Å². The van der Waals surface area contributed by atoms with Gasteiger partial charge in [-0.1, -0.05) is 58.8 Å². The fourth-order valence-corrected chi connectivity index (χ4v) is 5.09. The summed E-state index contributed by atoms with van der Waals surface area (Å²) in [7, 11) is 0. The molecule has 1 amide bonds. The minimum atomic E-state index is -1.49. The normalized spacial score (nSPS) is 18.8. The van der Waals surface area contributed by atoms with Crippen LogP contribution in [-0.4, -0.2) is 41.7 Å². The van der Waals surface area contributed by atoms with E-state index >= 15 is 0 Å². The molecule has 5 rings (SSSR count). The number of aliphatic hydroxyl groups is 1. The van der Waals surface area contributed by atoms with Crippen LogP contribution in [0.4, 0.5) is 0 Å². The number of azide groups is 2. The SMILES string of the molecule is [N-]=[N+]=NCc1ccccc1C[C@]1(C(=O)NNC2CC2)N=C(c2ccc(OCCCO)cc2)O[C@H]1c1ccccc1CN=[N+]=[N-]. The van der Waals surface area contributed by atoms with Gasteiger partial charge in [0.05, 0.1) is 19.7 Å². The van der Waals surface area contributed by atoms with Crippen LogP contribution in [0.3, 0.4) is 0 Å². The topological polar surface area (TPSA) is 190 Å². The van der Waals surface area contributed by atoms with E-state index in [0.717, 1.165) is 24.0 Å². The van der Waals surface area contributed by atoms with Gasteiger partial charge in [0.25, 0.3) is 5.91 Å². The fraction of sp³-hybridized carbons (Fsp3) is 0.355. The molecule has 0 unspecified atom stereocenters. The zero-order chi connectivity index (χ0) is 30.8. The van der Waals surface area contributed by atoms with Crippen LogP contribution in [-0.2, 0) is 29.0 Å². The minimum absolute atomic E-state index is 0.0387. The summed E-state index contributed by atoms with van der Waals surface area (Å²) in [5.74, 6) is 0.511. The number of hydrogen-bond donors (Lipinski definition) is 3. The van der Waals surface area contributed by atoms with Gasteiger partial charge in [0.2, 0.25) is 5.90 Å². The van der Waals surface area contributed by atoms with Crippen molar-refractivity contribution in [1.29, 1.82) is 0 Å². The highest BCUT2D eigenvalue weighted by molar-refractivity contribution is 6.01. The Morgan fingerprint density at radius 2 is 1.64 bits per heavy atom. The first-order valence-corrected chi connectivity index (χ1v) is 14.4. The molecule has 0 saturated heterocycles. The molecule has 1 heterocycles. The molecule has 3 aromatic rings. The smallest absolute Gasteiger partial charge is 0.266 e. The average Bonchev–Trinajstić information content (AvgIpc) is 3.81. The Morgan fingerprint density at radius 1 is 0.977 bits per heavy atom. The number of carbonyl (C=O) groups excluding carboxylic acids is 1. The van der Waals surface area contributed by atoms with E-state index in [4.69, 9.17) is 30.6 Å². The van der Waals surface area contributed by atoms with E-state index in [1.807, 2.05) is 60.7 Å². The molecular formula is C31H33N9O4. The Kier molecular flexibility index (Phi) is 9.96. The molecule has 3 N–H and O–H groups in total. The zero-order valence-electron chi connectivity index (χ0n) is 24.0. The highest BCUT2D eigenvalue weighted by atomic mass is 16.5. The average molecular weight is 596 g/mol. The summed E-state index contributed by atoms with van der Waals surface area (Å²) in [5, 5.41) is 16.6. The van der Waals surface area contributed by atoms with Gasteiger partial charge in [-0.2, -0.15) is 0 Å². The third-order valence-electron chi connectivity index (χ3n) is 7.52. The molecule has 13 nitrogen and oxygen atoms in total. The van der Waals surface area contributed by atoms with Crippen molar-refractivity contribution in [3.05, 3.63) is 121 Å². The maximum Gasteiger partial charge on any atom is 0.266 e. The maximum atomic E-state index is 14.4. The third kappa shape index (κ3) is 7.11. The summed E-state index contributed by atoms with van der Waals surface area (Å²) >= 11 is 0. The van der Waals surface area contributed by atoms with Crippen LogP contribution in [0, 0.1) is 0 Å². The van der Waals surface area contributed by atoms with Gasteiger partial charge in [0.1, 0.15) is 5.75 Å². The summed E-state index contributed by atoms with van der Waals surface area (Å²) < 4.78 is 12.3. The predicted octanol–water partition coefficient (Wildman–Crippen LogP) is 5.35. The molecule has 0 aromatic heterocycles. The van der Waals surface area contributed by atoms with Crippen LogP contribution in [0.1, 0.15) is 53.2 Å². The second-order valence-corrected chi connectivity index (χ2v) is 10.6. The molecule has 0 bridgehead atoms. The molecule has 2 aliphatic rings. The molecule has 1 aliphatic heterocycles. The van der Waals surface area contributed by atoms with E-state index < -0.39 is 11.6 Å². The number of nitrogens with zero attached hydrogens (tertiary/aromatic N) is 7. The first-order valence-electron chi connectivity index (χ1n) is 14.4. The number of aliphatic imine (C=N–C) groups is 1. The van der Waals surface area contributed by atoms with Crippen LogP contribution in [0.25, 0.3) is 20.9 Å². The zero-order valence-corrected chi connectivity index (χ0v) is 24.0. The number of aliphatic hydroxyl groups excluding tert-OH is 1. The number of amides is 1. The quantitative estimate of drug-likeness (QED) is 0.0700. The number of carbonyl (C=O) groups is 1. The van der Waals surface area contributed by atoms with Crippen molar-refractivity contribution in [1.82, 2.24) is 10.9 Å². The van der Waals surface area contributed by atoms with Gasteiger partial charge in [0.15, 0.2) is 11.6 Å². The van der Waals surface area contributed by atoms with Gasteiger partial charge in [-0.25, -0.2) is 10.4 Å². The van der Waals surface area contributed by atoms with E-state index in [9.17, 15) is 4.79 Å². The van der Waals surface area contributed by atoms with E-state index in [2.05, 4.69) is 30.9 Å². The molecule has 0 spiro atoms. The Morgan fingerprint density at radius 3 is 2.32 bits per heavy atom. The van der Waals surface area contributed by atoms with Crippen molar-refractivity contribution in [2.45, 2.75) is 56.5 Å². The molecule has 1 aliphatic carbocycles. The van der Waals surface area contributed by atoms with Gasteiger partial charge in [-0.3, -0.25) is 10.2 Å². The number of hydrazine groups is 1. The highest BCUT2D eigenvalue weighted by Gasteiger charge is 2.54. The lowest BCUT2D eigenvalue weighted by molar-refractivity contribution is -0.130. The number of nitrogens with one attached hydrogen (secondary N) is 2. The number of benzene rings is 3. The van der Waals surface area contributed by atoms with E-state index in [1.165, 1.54) is 0 Å². The van der Waals surface area contributed by atoms with Gasteiger partial charge in [-0.15, -0.1) is 0 Å². The molecule has 0 radical (unpaired) electrons. The molecule has 3 aromatic carbocycles. The van der Waals surface area contributed by atoms with Crippen LogP contribution in [0.15, 0.2) is 88.0 Å². The first kappa shape index (κ1) is 30.4. The summed E-state index contributed by atoms with van der Waals surface area (Å²) in [6.07, 6.45) is 1.67. The van der Waals surface area contributed by atoms with Crippen molar-refractivity contribution >= 4 is 11.8 Å². The number of ether oxygens (including phenoxy) is 2. The summed E-state index contributed by atoms with van der Waals surface area (Å²) in [4.78, 5) is 25.3. The minimum Gasteiger partial charge on any atom is -0.494 e. The van der Waals surface area contributed by atoms with Crippen molar-refractivity contribution in [3.63, 3.8) is 0 Å². The van der Waals surface area contributed by atoms with Crippen LogP contribution in [0.5, 0.6) is 5.75 Å². The lowest BCUT2D eigenvalue weighted by atomic mass is 9.80. The number of hydrogen-bond acceptors (Lipinski definition) is 8. The van der Waals surface area contributed by atoms with Crippen molar-refractivity contribution in [2.75, 3.05) is 13.2 Å². The fourth-order valence-electron chi connectivity index (χ4n) is 5.09. The largest absolute Gasteiger partial charge is 0.494 e. The first-order chi connectivity index (χ1) is 21.6. The lowest BCUT2D eigenvalue weighted by Crippen LogP contribution is -2.54. The van der Waals surface area contributed by atoms with Gasteiger partial charge in [-0.05, 0) is 70.4 Å². The Hall–Kier alpha value is -5.06. The van der Waals surface area contributed by atoms with E-state index in [1.54, 1.807) is 12.1 Å². The van der Waals surface area contributed by atoms with Crippen LogP contribution in [0.2, 0.25) is 0 Å². The summed E-state index contributed by atoms with van der Waals surface area (Å²) in [6, 6.07) is 22.2. The molecule has 1 saturated carbocycles. The second-order valence-electron chi connectivity index (χ2n) is 10.6. The Labute approximate surface area is 254 Å². The standard InChI is InChI=1S/C31H33N9O4/c32-39-34-19-23-7-2-1-6-22(23)18-31(30(42)38-37-25-12-13-25)28(27-9-4-3-8-24(27)20-35-40-33)44-29(36-31)21-10-14-26(15-11-21)43-17-5-16-41/h1-4,6-11,14-15,25,28,37,41H,5,12-13,16-20H2,(H,38,42)/t28-,31-/m0/s1. The summed E-state index contributed by atoms with van der Waals surface area (Å²) in [5.41, 5.74) is 26.1. The van der Waals surface area contributed by atoms with Gasteiger partial charge >= 0.3 is 0 Å². The molecule has 226 valence electrons. The summed E-state index contributed by atoms with van der Waals surface area (Å²) in [6.45, 7) is 0.589. The predicted molar refractivity (Wildman–Crippen MR) is 163 cm³/mol. The van der Waals surface area contributed by atoms with E-state index in [0.29, 0.717) is 35.5 Å². The van der Waals surface area contributed by atoms with E-state index in [-0.39, 0.29) is 44.0 Å². The van der Waals surface area contributed by atoms with Crippen LogP contribution >= 0.6 is 0 Å². The lowest BCUT2D eigenvalue weighted by Gasteiger charge is -2.32. The van der Waals surface area contributed by atoms with Crippen molar-refractivity contribution in [3.8, 4) is 5.75 Å². The molecule has 2 atom stereocenters. The van der Waals surface area contributed by atoms with Crippen LogP contribution < -0.4 is 15.6 Å². The monoisotopic (exact) mass is 595 g/mol. The van der Waals surface area contributed by atoms with Crippen molar-refractivity contribution in [2.24, 2.45) is 15.2 Å². The molecule has 44 heavy (non-hydrogen) atoms. The molecule has 1 fully saturated rings. The second kappa shape index (κ2) is 14.4. The molecular weight excluding hydrogens is 562 g/mol. The molecule has 13 heteroatoms. The van der Waals surface area contributed by atoms with Gasteiger partial charge in [0, 0.05) is 40.9 Å².